The first kappa shape index (κ1) is 21.8. The molecule has 0 spiro atoms. The summed E-state index contributed by atoms with van der Waals surface area (Å²) in [6.45, 7) is 10.0. The maximum atomic E-state index is 15.9. The lowest BCUT2D eigenvalue weighted by atomic mass is 10.2. The van der Waals surface area contributed by atoms with E-state index in [1.54, 1.807) is 45.0 Å². The zero-order valence-electron chi connectivity index (χ0n) is 16.6. The Labute approximate surface area is 165 Å². The van der Waals surface area contributed by atoms with Gasteiger partial charge in [-0.1, -0.05) is 36.9 Å². The standard InChI is InChI=1S/C20H28FN3O4/c1-5-20(21,17(25)27-15-16-9-7-6-8-10-16)24(18(26)28-19(2,3)4)23-13-11-22-12-14-23/h5-10,22H,1,11-15H2,2-4H3. The lowest BCUT2D eigenvalue weighted by molar-refractivity contribution is -0.189. The van der Waals surface area contributed by atoms with E-state index in [-0.39, 0.29) is 6.61 Å². The summed E-state index contributed by atoms with van der Waals surface area (Å²) in [6.07, 6.45) is -0.208. The molecule has 28 heavy (non-hydrogen) atoms. The first-order valence-corrected chi connectivity index (χ1v) is 9.20. The molecule has 8 heteroatoms. The van der Waals surface area contributed by atoms with E-state index >= 15 is 4.39 Å². The van der Waals surface area contributed by atoms with E-state index in [9.17, 15) is 9.59 Å². The molecule has 1 N–H and O–H groups in total. The van der Waals surface area contributed by atoms with E-state index in [2.05, 4.69) is 11.9 Å². The van der Waals surface area contributed by atoms with Crippen LogP contribution in [0.3, 0.4) is 0 Å². The van der Waals surface area contributed by atoms with Crippen molar-refractivity contribution < 1.29 is 23.5 Å². The molecule has 0 aliphatic carbocycles. The molecule has 1 unspecified atom stereocenters. The van der Waals surface area contributed by atoms with Crippen LogP contribution < -0.4 is 5.32 Å². The van der Waals surface area contributed by atoms with Crippen molar-refractivity contribution in [3.8, 4) is 0 Å². The Morgan fingerprint density at radius 1 is 1.25 bits per heavy atom. The molecule has 0 radical (unpaired) electrons. The second kappa shape index (κ2) is 9.16. The van der Waals surface area contributed by atoms with Crippen LogP contribution in [0.1, 0.15) is 26.3 Å². The Kier molecular flexibility index (Phi) is 7.15. The van der Waals surface area contributed by atoms with Crippen molar-refractivity contribution in [1.29, 1.82) is 0 Å². The van der Waals surface area contributed by atoms with Gasteiger partial charge in [-0.15, -0.1) is 0 Å². The van der Waals surface area contributed by atoms with Gasteiger partial charge in [-0.25, -0.2) is 19.0 Å². The number of hydrazine groups is 1. The number of nitrogens with zero attached hydrogens (tertiary/aromatic N) is 2. The smallest absolute Gasteiger partial charge is 0.428 e. The molecule has 1 saturated heterocycles. The number of benzene rings is 1. The molecule has 1 fully saturated rings. The summed E-state index contributed by atoms with van der Waals surface area (Å²) in [4.78, 5) is 25.5. The Morgan fingerprint density at radius 3 is 2.39 bits per heavy atom. The van der Waals surface area contributed by atoms with Gasteiger partial charge < -0.3 is 14.8 Å². The average molecular weight is 393 g/mol. The molecule has 0 aromatic heterocycles. The fraction of sp³-hybridized carbons (Fsp3) is 0.500. The van der Waals surface area contributed by atoms with Gasteiger partial charge in [-0.2, -0.15) is 5.01 Å². The second-order valence-electron chi connectivity index (χ2n) is 7.44. The predicted molar refractivity (Wildman–Crippen MR) is 103 cm³/mol. The number of alkyl halides is 1. The summed E-state index contributed by atoms with van der Waals surface area (Å²) in [5, 5.41) is 5.24. The van der Waals surface area contributed by atoms with Crippen LogP contribution >= 0.6 is 0 Å². The molecule has 1 heterocycles. The van der Waals surface area contributed by atoms with Crippen molar-refractivity contribution in [3.05, 3.63) is 48.6 Å². The fourth-order valence-corrected chi connectivity index (χ4v) is 2.69. The van der Waals surface area contributed by atoms with Gasteiger partial charge >= 0.3 is 17.9 Å². The minimum absolute atomic E-state index is 0.122. The summed E-state index contributed by atoms with van der Waals surface area (Å²) in [5.41, 5.74) is -0.160. The van der Waals surface area contributed by atoms with Gasteiger partial charge in [-0.3, -0.25) is 0 Å². The lowest BCUT2D eigenvalue weighted by Crippen LogP contribution is -2.64. The largest absolute Gasteiger partial charge is 0.457 e. The number of hydrogen-bond acceptors (Lipinski definition) is 6. The van der Waals surface area contributed by atoms with Crippen molar-refractivity contribution in [3.63, 3.8) is 0 Å². The summed E-state index contributed by atoms with van der Waals surface area (Å²) < 4.78 is 26.4. The van der Waals surface area contributed by atoms with Crippen LogP contribution in [0, 0.1) is 0 Å². The number of nitrogens with one attached hydrogen (secondary N) is 1. The molecule has 1 atom stereocenters. The van der Waals surface area contributed by atoms with Crippen molar-refractivity contribution in [2.45, 2.75) is 38.8 Å². The predicted octanol–water partition coefficient (Wildman–Crippen LogP) is 2.64. The zero-order chi connectivity index (χ0) is 20.8. The molecule has 0 bridgehead atoms. The number of hydrogen-bond donors (Lipinski definition) is 1. The second-order valence-corrected chi connectivity index (χ2v) is 7.44. The van der Waals surface area contributed by atoms with Crippen molar-refractivity contribution >= 4 is 12.1 Å². The van der Waals surface area contributed by atoms with E-state index in [0.717, 1.165) is 6.08 Å². The van der Waals surface area contributed by atoms with Gasteiger partial charge in [0, 0.05) is 26.2 Å². The normalized spacial score (nSPS) is 17.3. The van der Waals surface area contributed by atoms with Crippen molar-refractivity contribution in [2.24, 2.45) is 0 Å². The maximum absolute atomic E-state index is 15.9. The highest BCUT2D eigenvalue weighted by atomic mass is 19.1. The van der Waals surface area contributed by atoms with Crippen LogP contribution in [-0.4, -0.2) is 59.7 Å². The molecule has 1 aliphatic heterocycles. The van der Waals surface area contributed by atoms with Crippen LogP contribution in [-0.2, 0) is 20.9 Å². The summed E-state index contributed by atoms with van der Waals surface area (Å²) in [6, 6.07) is 8.90. The lowest BCUT2D eigenvalue weighted by Gasteiger charge is -2.42. The van der Waals surface area contributed by atoms with Crippen molar-refractivity contribution in [2.75, 3.05) is 26.2 Å². The highest BCUT2D eigenvalue weighted by Gasteiger charge is 2.51. The summed E-state index contributed by atoms with van der Waals surface area (Å²) in [7, 11) is 0. The van der Waals surface area contributed by atoms with Gasteiger partial charge in [0.25, 0.3) is 0 Å². The number of carbonyl (C=O) groups is 2. The van der Waals surface area contributed by atoms with Crippen molar-refractivity contribution in [1.82, 2.24) is 15.3 Å². The molecular formula is C20H28FN3O4. The van der Waals surface area contributed by atoms with Gasteiger partial charge in [0.15, 0.2) is 0 Å². The maximum Gasteiger partial charge on any atom is 0.428 e. The number of rotatable bonds is 6. The zero-order valence-corrected chi connectivity index (χ0v) is 16.6. The Morgan fingerprint density at radius 2 is 1.86 bits per heavy atom. The molecule has 2 rings (SSSR count). The SMILES string of the molecule is C=CC(F)(C(=O)OCc1ccccc1)N(C(=O)OC(C)(C)C)N1CCNCC1. The number of halogens is 1. The Balaban J connectivity index is 2.25. The summed E-state index contributed by atoms with van der Waals surface area (Å²) >= 11 is 0. The van der Waals surface area contributed by atoms with E-state index < -0.39 is 23.5 Å². The highest BCUT2D eigenvalue weighted by Crippen LogP contribution is 2.27. The number of carbonyl (C=O) groups excluding carboxylic acids is 2. The number of amides is 1. The quantitative estimate of drug-likeness (QED) is 0.455. The highest BCUT2D eigenvalue weighted by molar-refractivity contribution is 5.86. The average Bonchev–Trinajstić information content (AvgIpc) is 2.66. The molecule has 0 saturated carbocycles. The van der Waals surface area contributed by atoms with Crippen LogP contribution in [0.25, 0.3) is 0 Å². The molecule has 1 amide bonds. The summed E-state index contributed by atoms with van der Waals surface area (Å²) in [5.74, 6) is -4.12. The van der Waals surface area contributed by atoms with E-state index in [1.807, 2.05) is 6.07 Å². The van der Waals surface area contributed by atoms with E-state index in [1.165, 1.54) is 5.01 Å². The molecule has 1 aromatic rings. The number of ether oxygens (including phenoxy) is 2. The fourth-order valence-electron chi connectivity index (χ4n) is 2.69. The first-order chi connectivity index (χ1) is 13.2. The van der Waals surface area contributed by atoms with Crippen LogP contribution in [0.5, 0.6) is 0 Å². The van der Waals surface area contributed by atoms with E-state index in [0.29, 0.717) is 36.8 Å². The van der Waals surface area contributed by atoms with Crippen LogP contribution in [0.2, 0.25) is 0 Å². The molecule has 1 aromatic carbocycles. The number of piperazine rings is 1. The van der Waals surface area contributed by atoms with Gasteiger partial charge in [0.05, 0.1) is 0 Å². The third-order valence-corrected chi connectivity index (χ3v) is 4.02. The van der Waals surface area contributed by atoms with Gasteiger partial charge in [-0.05, 0) is 32.4 Å². The Hall–Kier alpha value is -2.45. The van der Waals surface area contributed by atoms with E-state index in [4.69, 9.17) is 9.47 Å². The minimum atomic E-state index is -2.89. The molecule has 154 valence electrons. The Bertz CT molecular complexity index is 686. The third-order valence-electron chi connectivity index (χ3n) is 4.02. The minimum Gasteiger partial charge on any atom is -0.457 e. The molecule has 1 aliphatic rings. The monoisotopic (exact) mass is 393 g/mol. The topological polar surface area (TPSA) is 71.1 Å². The molecular weight excluding hydrogens is 365 g/mol. The van der Waals surface area contributed by atoms with Crippen LogP contribution in [0.15, 0.2) is 43.0 Å². The third kappa shape index (κ3) is 5.53. The van der Waals surface area contributed by atoms with Gasteiger partial charge in [0.1, 0.15) is 12.2 Å². The van der Waals surface area contributed by atoms with Gasteiger partial charge in [0.2, 0.25) is 0 Å². The van der Waals surface area contributed by atoms with Crippen LogP contribution in [0.4, 0.5) is 9.18 Å². The molecule has 7 nitrogen and oxygen atoms in total. The number of esters is 1. The first-order valence-electron chi connectivity index (χ1n) is 9.20.